The Balaban J connectivity index is 1.94. The number of hydrogen-bond donors (Lipinski definition) is 3. The SMILES string of the molecule is CCNC(=NCc1ccc(S(=O)(=O)NC)cc1)NCCc1cccc(F)c1. The molecule has 27 heavy (non-hydrogen) atoms. The number of benzene rings is 2. The van der Waals surface area contributed by atoms with E-state index < -0.39 is 10.0 Å². The molecule has 0 radical (unpaired) electrons. The second-order valence-corrected chi connectivity index (χ2v) is 7.74. The molecule has 0 aromatic heterocycles. The van der Waals surface area contributed by atoms with E-state index in [0.29, 0.717) is 32.0 Å². The largest absolute Gasteiger partial charge is 0.357 e. The Labute approximate surface area is 160 Å². The Morgan fingerprint density at radius 2 is 1.81 bits per heavy atom. The summed E-state index contributed by atoms with van der Waals surface area (Å²) in [6.45, 7) is 3.72. The third-order valence-corrected chi connectivity index (χ3v) is 5.29. The molecule has 0 atom stereocenters. The highest BCUT2D eigenvalue weighted by atomic mass is 32.2. The molecule has 8 heteroatoms. The van der Waals surface area contributed by atoms with Crippen molar-refractivity contribution in [3.8, 4) is 0 Å². The normalized spacial score (nSPS) is 12.0. The van der Waals surface area contributed by atoms with Gasteiger partial charge in [-0.25, -0.2) is 22.5 Å². The summed E-state index contributed by atoms with van der Waals surface area (Å²) in [6, 6.07) is 13.1. The van der Waals surface area contributed by atoms with E-state index in [1.807, 2.05) is 13.0 Å². The van der Waals surface area contributed by atoms with Gasteiger partial charge in [0.1, 0.15) is 5.82 Å². The number of nitrogens with zero attached hydrogens (tertiary/aromatic N) is 1. The fourth-order valence-corrected chi connectivity index (χ4v) is 3.15. The third-order valence-electron chi connectivity index (χ3n) is 3.86. The molecule has 2 aromatic rings. The van der Waals surface area contributed by atoms with Crippen LogP contribution in [-0.4, -0.2) is 34.5 Å². The number of nitrogens with one attached hydrogen (secondary N) is 3. The first kappa shape index (κ1) is 20.9. The Bertz CT molecular complexity index is 868. The van der Waals surface area contributed by atoms with Gasteiger partial charge in [0, 0.05) is 13.1 Å². The minimum Gasteiger partial charge on any atom is -0.357 e. The van der Waals surface area contributed by atoms with Gasteiger partial charge in [-0.05, 0) is 55.8 Å². The lowest BCUT2D eigenvalue weighted by Crippen LogP contribution is -2.38. The standard InChI is InChI=1S/C19H25FN4O2S/c1-3-22-19(23-12-11-15-5-4-6-17(20)13-15)24-14-16-7-9-18(10-8-16)27(25,26)21-2/h4-10,13,21H,3,11-12,14H2,1-2H3,(H2,22,23,24). The number of hydrogen-bond acceptors (Lipinski definition) is 3. The highest BCUT2D eigenvalue weighted by Gasteiger charge is 2.10. The van der Waals surface area contributed by atoms with Gasteiger partial charge >= 0.3 is 0 Å². The van der Waals surface area contributed by atoms with Crippen molar-refractivity contribution >= 4 is 16.0 Å². The number of aliphatic imine (C=N–C) groups is 1. The summed E-state index contributed by atoms with van der Waals surface area (Å²) in [5.74, 6) is 0.414. The molecule has 0 unspecified atom stereocenters. The third kappa shape index (κ3) is 6.65. The summed E-state index contributed by atoms with van der Waals surface area (Å²) in [5.41, 5.74) is 1.81. The van der Waals surface area contributed by atoms with Crippen LogP contribution in [0.4, 0.5) is 4.39 Å². The van der Waals surface area contributed by atoms with E-state index in [2.05, 4.69) is 20.3 Å². The van der Waals surface area contributed by atoms with E-state index in [-0.39, 0.29) is 10.7 Å². The van der Waals surface area contributed by atoms with Gasteiger partial charge in [0.15, 0.2) is 5.96 Å². The summed E-state index contributed by atoms with van der Waals surface area (Å²) in [5, 5.41) is 6.37. The molecule has 0 saturated carbocycles. The van der Waals surface area contributed by atoms with E-state index in [9.17, 15) is 12.8 Å². The average Bonchev–Trinajstić information content (AvgIpc) is 2.66. The molecule has 0 aliphatic rings. The molecule has 0 aliphatic heterocycles. The first-order valence-electron chi connectivity index (χ1n) is 8.73. The van der Waals surface area contributed by atoms with E-state index in [0.717, 1.165) is 11.1 Å². The lowest BCUT2D eigenvalue weighted by Gasteiger charge is -2.11. The van der Waals surface area contributed by atoms with Gasteiger partial charge in [0.2, 0.25) is 10.0 Å². The van der Waals surface area contributed by atoms with Crippen molar-refractivity contribution in [1.29, 1.82) is 0 Å². The first-order chi connectivity index (χ1) is 12.9. The number of halogens is 1. The zero-order valence-corrected chi connectivity index (χ0v) is 16.3. The number of guanidine groups is 1. The van der Waals surface area contributed by atoms with Crippen molar-refractivity contribution in [1.82, 2.24) is 15.4 Å². The molecule has 0 saturated heterocycles. The fraction of sp³-hybridized carbons (Fsp3) is 0.316. The topological polar surface area (TPSA) is 82.6 Å². The lowest BCUT2D eigenvalue weighted by molar-refractivity contribution is 0.588. The summed E-state index contributed by atoms with van der Waals surface area (Å²) >= 11 is 0. The molecule has 2 rings (SSSR count). The molecular formula is C19H25FN4O2S. The molecule has 0 fully saturated rings. The molecule has 2 aromatic carbocycles. The molecule has 0 bridgehead atoms. The van der Waals surface area contributed by atoms with Gasteiger partial charge in [0.25, 0.3) is 0 Å². The van der Waals surface area contributed by atoms with Crippen LogP contribution in [0.3, 0.4) is 0 Å². The van der Waals surface area contributed by atoms with Crippen LogP contribution in [-0.2, 0) is 23.0 Å². The van der Waals surface area contributed by atoms with Gasteiger partial charge in [-0.1, -0.05) is 24.3 Å². The van der Waals surface area contributed by atoms with Crippen LogP contribution in [0.15, 0.2) is 58.4 Å². The van der Waals surface area contributed by atoms with Crippen LogP contribution in [0.1, 0.15) is 18.1 Å². The van der Waals surface area contributed by atoms with Crippen LogP contribution in [0, 0.1) is 5.82 Å². The van der Waals surface area contributed by atoms with Gasteiger partial charge in [-0.2, -0.15) is 0 Å². The predicted molar refractivity (Wildman–Crippen MR) is 106 cm³/mol. The van der Waals surface area contributed by atoms with Crippen LogP contribution in [0.5, 0.6) is 0 Å². The maximum absolute atomic E-state index is 13.2. The summed E-state index contributed by atoms with van der Waals surface area (Å²) in [6.07, 6.45) is 0.679. The Morgan fingerprint density at radius 1 is 1.07 bits per heavy atom. The maximum Gasteiger partial charge on any atom is 0.240 e. The van der Waals surface area contributed by atoms with Crippen LogP contribution < -0.4 is 15.4 Å². The van der Waals surface area contributed by atoms with Crippen LogP contribution in [0.2, 0.25) is 0 Å². The van der Waals surface area contributed by atoms with E-state index in [4.69, 9.17) is 0 Å². The highest BCUT2D eigenvalue weighted by Crippen LogP contribution is 2.10. The van der Waals surface area contributed by atoms with E-state index >= 15 is 0 Å². The van der Waals surface area contributed by atoms with Crippen molar-refractivity contribution < 1.29 is 12.8 Å². The summed E-state index contributed by atoms with van der Waals surface area (Å²) < 4.78 is 39.0. The first-order valence-corrected chi connectivity index (χ1v) is 10.2. The second kappa shape index (κ2) is 10.0. The summed E-state index contributed by atoms with van der Waals surface area (Å²) in [4.78, 5) is 4.72. The average molecular weight is 393 g/mol. The smallest absolute Gasteiger partial charge is 0.240 e. The molecule has 0 heterocycles. The zero-order valence-electron chi connectivity index (χ0n) is 15.5. The summed E-state index contributed by atoms with van der Waals surface area (Å²) in [7, 11) is -2.05. The van der Waals surface area contributed by atoms with Crippen LogP contribution >= 0.6 is 0 Å². The molecular weight excluding hydrogens is 367 g/mol. The van der Waals surface area contributed by atoms with Gasteiger partial charge in [0.05, 0.1) is 11.4 Å². The molecule has 0 aliphatic carbocycles. The van der Waals surface area contributed by atoms with Crippen molar-refractivity contribution in [2.24, 2.45) is 4.99 Å². The zero-order chi connectivity index (χ0) is 19.7. The minimum atomic E-state index is -3.43. The van der Waals surface area contributed by atoms with Crippen molar-refractivity contribution in [3.05, 3.63) is 65.5 Å². The van der Waals surface area contributed by atoms with E-state index in [1.165, 1.54) is 19.2 Å². The lowest BCUT2D eigenvalue weighted by atomic mass is 10.1. The molecule has 146 valence electrons. The molecule has 3 N–H and O–H groups in total. The van der Waals surface area contributed by atoms with Crippen molar-refractivity contribution in [2.75, 3.05) is 20.1 Å². The van der Waals surface area contributed by atoms with Crippen molar-refractivity contribution in [2.45, 2.75) is 24.8 Å². The molecule has 6 nitrogen and oxygen atoms in total. The van der Waals surface area contributed by atoms with E-state index in [1.54, 1.807) is 30.3 Å². The fourth-order valence-electron chi connectivity index (χ4n) is 2.42. The molecule has 0 amide bonds. The second-order valence-electron chi connectivity index (χ2n) is 5.85. The predicted octanol–water partition coefficient (Wildman–Crippen LogP) is 2.03. The van der Waals surface area contributed by atoms with Gasteiger partial charge < -0.3 is 10.6 Å². The maximum atomic E-state index is 13.2. The van der Waals surface area contributed by atoms with Gasteiger partial charge in [-0.3, -0.25) is 0 Å². The number of rotatable bonds is 8. The highest BCUT2D eigenvalue weighted by molar-refractivity contribution is 7.89. The van der Waals surface area contributed by atoms with Crippen molar-refractivity contribution in [3.63, 3.8) is 0 Å². The van der Waals surface area contributed by atoms with Crippen LogP contribution in [0.25, 0.3) is 0 Å². The Hall–Kier alpha value is -2.45. The molecule has 0 spiro atoms. The number of sulfonamides is 1. The van der Waals surface area contributed by atoms with Gasteiger partial charge in [-0.15, -0.1) is 0 Å². The monoisotopic (exact) mass is 392 g/mol. The quantitative estimate of drug-likeness (QED) is 0.474. The minimum absolute atomic E-state index is 0.220. The Morgan fingerprint density at radius 3 is 2.44 bits per heavy atom. The Kier molecular flexibility index (Phi) is 7.75.